The van der Waals surface area contributed by atoms with Gasteiger partial charge in [-0.3, -0.25) is 9.80 Å². The summed E-state index contributed by atoms with van der Waals surface area (Å²) in [6, 6.07) is 5.33. The van der Waals surface area contributed by atoms with Crippen LogP contribution in [0.15, 0.2) is 34.7 Å². The largest absolute Gasteiger partial charge is 0.493 e. The molecule has 1 heterocycles. The maximum atomic E-state index is 12.8. The Hall–Kier alpha value is -2.70. The molecular formula is C24H41N5O2. The molecule has 0 aliphatic carbocycles. The van der Waals surface area contributed by atoms with Gasteiger partial charge in [0.2, 0.25) is 0 Å². The van der Waals surface area contributed by atoms with E-state index in [-0.39, 0.29) is 5.91 Å². The van der Waals surface area contributed by atoms with Crippen molar-refractivity contribution in [1.82, 2.24) is 10.3 Å². The maximum absolute atomic E-state index is 12.8. The van der Waals surface area contributed by atoms with Gasteiger partial charge in [0.15, 0.2) is 5.84 Å². The predicted molar refractivity (Wildman–Crippen MR) is 130 cm³/mol. The van der Waals surface area contributed by atoms with Crippen LogP contribution >= 0.6 is 0 Å². The molecule has 7 heteroatoms. The second-order valence-corrected chi connectivity index (χ2v) is 7.66. The van der Waals surface area contributed by atoms with Gasteiger partial charge in [-0.05, 0) is 44.4 Å². The quantitative estimate of drug-likeness (QED) is 0.285. The summed E-state index contributed by atoms with van der Waals surface area (Å²) in [4.78, 5) is 12.8. The highest BCUT2D eigenvalue weighted by Crippen LogP contribution is 2.25. The van der Waals surface area contributed by atoms with E-state index in [9.17, 15) is 4.79 Å². The Morgan fingerprint density at radius 2 is 1.94 bits per heavy atom. The van der Waals surface area contributed by atoms with E-state index >= 15 is 0 Å². The first-order valence-corrected chi connectivity index (χ1v) is 11.5. The normalized spacial score (nSPS) is 16.0. The van der Waals surface area contributed by atoms with Gasteiger partial charge >= 0.3 is 0 Å². The van der Waals surface area contributed by atoms with Crippen LogP contribution in [0.4, 0.5) is 5.69 Å². The van der Waals surface area contributed by atoms with Gasteiger partial charge in [-0.1, -0.05) is 53.4 Å². The summed E-state index contributed by atoms with van der Waals surface area (Å²) in [6.45, 7) is 13.2. The van der Waals surface area contributed by atoms with Crippen LogP contribution in [0.25, 0.3) is 0 Å². The van der Waals surface area contributed by atoms with E-state index in [2.05, 4.69) is 19.2 Å². The van der Waals surface area contributed by atoms with Crippen LogP contribution in [0, 0.1) is 5.92 Å². The van der Waals surface area contributed by atoms with E-state index in [1.54, 1.807) is 30.1 Å². The van der Waals surface area contributed by atoms with Crippen molar-refractivity contribution in [2.75, 3.05) is 18.9 Å². The minimum atomic E-state index is -0.266. The van der Waals surface area contributed by atoms with E-state index in [0.717, 1.165) is 6.42 Å². The second kappa shape index (κ2) is 13.6. The third-order valence-electron chi connectivity index (χ3n) is 4.89. The zero-order valence-electron chi connectivity index (χ0n) is 20.1. The molecule has 1 aromatic carbocycles. The van der Waals surface area contributed by atoms with Crippen molar-refractivity contribution in [3.05, 3.63) is 35.2 Å². The Kier molecular flexibility index (Phi) is 11.5. The lowest BCUT2D eigenvalue weighted by molar-refractivity contribution is -0.118. The third-order valence-corrected chi connectivity index (χ3v) is 4.89. The molecule has 1 unspecified atom stereocenters. The molecule has 1 aliphatic rings. The minimum Gasteiger partial charge on any atom is -0.493 e. The number of allylic oxidation sites excluding steroid dienone is 1. The molecule has 31 heavy (non-hydrogen) atoms. The molecule has 1 aromatic rings. The third kappa shape index (κ3) is 7.81. The van der Waals surface area contributed by atoms with Crippen LogP contribution in [0.3, 0.4) is 0 Å². The van der Waals surface area contributed by atoms with Crippen molar-refractivity contribution in [2.45, 2.75) is 73.6 Å². The number of ether oxygens (including phenoxy) is 1. The first-order valence-electron chi connectivity index (χ1n) is 11.5. The highest BCUT2D eigenvalue weighted by atomic mass is 16.5. The van der Waals surface area contributed by atoms with Gasteiger partial charge in [-0.2, -0.15) is 5.10 Å². The maximum Gasteiger partial charge on any atom is 0.276 e. The molecule has 0 aromatic heterocycles. The summed E-state index contributed by atoms with van der Waals surface area (Å²) in [6.07, 6.45) is 5.97. The van der Waals surface area contributed by atoms with Gasteiger partial charge in [0.05, 0.1) is 12.2 Å². The molecule has 7 nitrogen and oxygen atoms in total. The molecule has 0 bridgehead atoms. The number of nitrogens with zero attached hydrogens (tertiary/aromatic N) is 2. The molecular weight excluding hydrogens is 390 g/mol. The minimum absolute atomic E-state index is 0.266. The molecule has 0 spiro atoms. The van der Waals surface area contributed by atoms with E-state index < -0.39 is 0 Å². The topological polar surface area (TPSA) is 106 Å². The van der Waals surface area contributed by atoms with Gasteiger partial charge in [-0.25, -0.2) is 0 Å². The Morgan fingerprint density at radius 1 is 1.23 bits per heavy atom. The number of anilines is 1. The highest BCUT2D eigenvalue weighted by Gasteiger charge is 2.29. The Balaban J connectivity index is 0.00000233. The summed E-state index contributed by atoms with van der Waals surface area (Å²) < 4.78 is 5.70. The second-order valence-electron chi connectivity index (χ2n) is 7.66. The molecule has 2 rings (SSSR count). The summed E-state index contributed by atoms with van der Waals surface area (Å²) in [5.41, 5.74) is 14.1. The van der Waals surface area contributed by atoms with Crippen molar-refractivity contribution < 1.29 is 9.53 Å². The van der Waals surface area contributed by atoms with Crippen molar-refractivity contribution >= 4 is 17.4 Å². The zero-order valence-corrected chi connectivity index (χ0v) is 20.1. The average molecular weight is 432 g/mol. The van der Waals surface area contributed by atoms with Gasteiger partial charge in [0.25, 0.3) is 5.91 Å². The number of nitrogens with one attached hydrogen (secondary N) is 1. The highest BCUT2D eigenvalue weighted by molar-refractivity contribution is 6.15. The number of hydrogen-bond donors (Lipinski definition) is 3. The molecule has 0 fully saturated rings. The molecule has 1 amide bonds. The molecule has 0 saturated carbocycles. The van der Waals surface area contributed by atoms with Gasteiger partial charge < -0.3 is 21.5 Å². The van der Waals surface area contributed by atoms with Crippen LogP contribution in [0.5, 0.6) is 5.75 Å². The lowest BCUT2D eigenvalue weighted by Gasteiger charge is -2.31. The van der Waals surface area contributed by atoms with Gasteiger partial charge in [0, 0.05) is 17.9 Å². The Labute approximate surface area is 187 Å². The van der Waals surface area contributed by atoms with E-state index in [4.69, 9.17) is 21.3 Å². The van der Waals surface area contributed by atoms with E-state index in [0.29, 0.717) is 53.3 Å². The molecule has 1 aliphatic heterocycles. The number of rotatable bonds is 10. The summed E-state index contributed by atoms with van der Waals surface area (Å²) >= 11 is 0. The van der Waals surface area contributed by atoms with Crippen molar-refractivity contribution in [3.63, 3.8) is 0 Å². The fourth-order valence-electron chi connectivity index (χ4n) is 3.44. The van der Waals surface area contributed by atoms with E-state index in [1.807, 2.05) is 20.8 Å². The van der Waals surface area contributed by atoms with Crippen LogP contribution in [-0.2, 0) is 4.79 Å². The number of benzene rings is 1. The number of hydrazone groups is 1. The van der Waals surface area contributed by atoms with Crippen LogP contribution < -0.4 is 21.5 Å². The zero-order chi connectivity index (χ0) is 23.4. The first-order chi connectivity index (χ1) is 14.9. The van der Waals surface area contributed by atoms with Crippen molar-refractivity contribution in [2.24, 2.45) is 16.8 Å². The summed E-state index contributed by atoms with van der Waals surface area (Å²) in [7, 11) is 0. The number of nitrogens with two attached hydrogens (primary N) is 2. The number of hydrogen-bond acceptors (Lipinski definition) is 6. The van der Waals surface area contributed by atoms with Crippen LogP contribution in [-0.4, -0.2) is 29.9 Å². The number of carbonyl (C=O) groups excluding carboxylic acids is 1. The molecule has 0 radical (unpaired) electrons. The van der Waals surface area contributed by atoms with Crippen molar-refractivity contribution in [1.29, 1.82) is 0 Å². The first kappa shape index (κ1) is 26.3. The van der Waals surface area contributed by atoms with E-state index in [1.165, 1.54) is 25.7 Å². The Bertz CT molecular complexity index is 769. The predicted octanol–water partition coefficient (Wildman–Crippen LogP) is 4.58. The standard InChI is InChI=1S/C22H35N5O2.C2H6/c1-5-7-8-9-10-15(3)14-27-20(16(4)23)22(28)25-21(26-27)18-13-17(24)11-12-19(18)29-6-2;1-2/h11-13,15H,5-10,14,23-24H2,1-4H3,(H,25,26,28);1-2H3/b20-16-;. The molecule has 0 saturated heterocycles. The molecule has 1 atom stereocenters. The fourth-order valence-corrected chi connectivity index (χ4v) is 3.44. The summed E-state index contributed by atoms with van der Waals surface area (Å²) in [5, 5.41) is 9.30. The Morgan fingerprint density at radius 3 is 2.55 bits per heavy atom. The number of unbranched alkanes of at least 4 members (excludes halogenated alkanes) is 3. The monoisotopic (exact) mass is 431 g/mol. The van der Waals surface area contributed by atoms with Crippen LogP contribution in [0.2, 0.25) is 0 Å². The summed E-state index contributed by atoms with van der Waals surface area (Å²) in [5.74, 6) is 1.17. The molecule has 174 valence electrons. The SMILES string of the molecule is CC.CCCCCCC(C)CN1N=C(c2cc(N)ccc2OCC)NC(=O)/C1=C(\C)N. The van der Waals surface area contributed by atoms with Gasteiger partial charge in [0.1, 0.15) is 11.4 Å². The lowest BCUT2D eigenvalue weighted by Crippen LogP contribution is -2.45. The number of amides is 1. The van der Waals surface area contributed by atoms with Gasteiger partial charge in [-0.15, -0.1) is 0 Å². The lowest BCUT2D eigenvalue weighted by atomic mass is 10.0. The number of amidine groups is 1. The van der Waals surface area contributed by atoms with Crippen LogP contribution in [0.1, 0.15) is 79.2 Å². The average Bonchev–Trinajstić information content (AvgIpc) is 2.73. The molecule has 5 N–H and O–H groups in total. The number of carbonyl (C=O) groups is 1. The van der Waals surface area contributed by atoms with Crippen molar-refractivity contribution in [3.8, 4) is 5.75 Å². The fraction of sp³-hybridized carbons (Fsp3) is 0.583. The number of nitrogen functional groups attached to an aromatic ring is 1. The smallest absolute Gasteiger partial charge is 0.276 e.